The van der Waals surface area contributed by atoms with Gasteiger partial charge in [0.25, 0.3) is 0 Å². The SMILES string of the molecule is Cc1ccccc1CC(=O)NCc1ccc(Cl)cc1. The zero-order valence-electron chi connectivity index (χ0n) is 10.8. The number of carbonyl (C=O) groups excluding carboxylic acids is 1. The van der Waals surface area contributed by atoms with Crippen molar-refractivity contribution < 1.29 is 4.79 Å². The molecule has 1 N–H and O–H groups in total. The van der Waals surface area contributed by atoms with Crippen molar-refractivity contribution in [3.05, 3.63) is 70.2 Å². The summed E-state index contributed by atoms with van der Waals surface area (Å²) < 4.78 is 0. The van der Waals surface area contributed by atoms with Crippen molar-refractivity contribution in [2.24, 2.45) is 0 Å². The molecule has 19 heavy (non-hydrogen) atoms. The zero-order chi connectivity index (χ0) is 13.7. The molecule has 98 valence electrons. The summed E-state index contributed by atoms with van der Waals surface area (Å²) in [5, 5.41) is 3.62. The van der Waals surface area contributed by atoms with Crippen molar-refractivity contribution in [3.8, 4) is 0 Å². The lowest BCUT2D eigenvalue weighted by atomic mass is 10.1. The summed E-state index contributed by atoms with van der Waals surface area (Å²) in [6.07, 6.45) is 0.417. The van der Waals surface area contributed by atoms with E-state index in [1.54, 1.807) is 0 Å². The van der Waals surface area contributed by atoms with Crippen molar-refractivity contribution in [1.29, 1.82) is 0 Å². The van der Waals surface area contributed by atoms with Crippen LogP contribution in [0, 0.1) is 6.92 Å². The minimum Gasteiger partial charge on any atom is -0.352 e. The van der Waals surface area contributed by atoms with Crippen LogP contribution in [0.3, 0.4) is 0 Å². The molecule has 0 bridgehead atoms. The number of halogens is 1. The predicted octanol–water partition coefficient (Wildman–Crippen LogP) is 3.51. The van der Waals surface area contributed by atoms with Crippen LogP contribution in [0.1, 0.15) is 16.7 Å². The van der Waals surface area contributed by atoms with E-state index in [9.17, 15) is 4.79 Å². The van der Waals surface area contributed by atoms with Gasteiger partial charge in [-0.1, -0.05) is 48.0 Å². The first kappa shape index (κ1) is 13.6. The third-order valence-corrected chi connectivity index (χ3v) is 3.27. The van der Waals surface area contributed by atoms with E-state index in [2.05, 4.69) is 5.32 Å². The molecule has 0 aliphatic rings. The molecule has 0 saturated carbocycles. The molecule has 0 aliphatic carbocycles. The van der Waals surface area contributed by atoms with E-state index < -0.39 is 0 Å². The Morgan fingerprint density at radius 3 is 2.47 bits per heavy atom. The van der Waals surface area contributed by atoms with Crippen LogP contribution in [0.5, 0.6) is 0 Å². The smallest absolute Gasteiger partial charge is 0.224 e. The molecule has 0 spiro atoms. The number of amides is 1. The first-order valence-corrected chi connectivity index (χ1v) is 6.58. The highest BCUT2D eigenvalue weighted by Crippen LogP contribution is 2.10. The van der Waals surface area contributed by atoms with E-state index >= 15 is 0 Å². The van der Waals surface area contributed by atoms with Crippen LogP contribution in [-0.2, 0) is 17.8 Å². The number of carbonyl (C=O) groups is 1. The lowest BCUT2D eigenvalue weighted by Gasteiger charge is -2.07. The van der Waals surface area contributed by atoms with Crippen LogP contribution in [0.4, 0.5) is 0 Å². The van der Waals surface area contributed by atoms with Gasteiger partial charge in [0.05, 0.1) is 6.42 Å². The maximum Gasteiger partial charge on any atom is 0.224 e. The molecule has 0 atom stereocenters. The number of hydrogen-bond acceptors (Lipinski definition) is 1. The second-order valence-corrected chi connectivity index (χ2v) is 4.94. The summed E-state index contributed by atoms with van der Waals surface area (Å²) in [5.41, 5.74) is 3.25. The van der Waals surface area contributed by atoms with Crippen molar-refractivity contribution in [3.63, 3.8) is 0 Å². The van der Waals surface area contributed by atoms with Gasteiger partial charge in [0.1, 0.15) is 0 Å². The Kier molecular flexibility index (Phi) is 4.58. The molecule has 0 unspecified atom stereocenters. The molecular weight excluding hydrogens is 258 g/mol. The summed E-state index contributed by atoms with van der Waals surface area (Å²) in [5.74, 6) is 0.0317. The minimum atomic E-state index is 0.0317. The van der Waals surface area contributed by atoms with Crippen LogP contribution in [-0.4, -0.2) is 5.91 Å². The molecule has 3 heteroatoms. The van der Waals surface area contributed by atoms with Gasteiger partial charge in [-0.25, -0.2) is 0 Å². The summed E-state index contributed by atoms with van der Waals surface area (Å²) in [7, 11) is 0. The fourth-order valence-electron chi connectivity index (χ4n) is 1.85. The summed E-state index contributed by atoms with van der Waals surface area (Å²) in [6, 6.07) is 15.4. The van der Waals surface area contributed by atoms with Crippen LogP contribution in [0.25, 0.3) is 0 Å². The molecular formula is C16H16ClNO. The maximum absolute atomic E-state index is 11.9. The highest BCUT2D eigenvalue weighted by atomic mass is 35.5. The molecule has 0 saturated heterocycles. The maximum atomic E-state index is 11.9. The van der Waals surface area contributed by atoms with Gasteiger partial charge in [0.2, 0.25) is 5.91 Å². The average Bonchev–Trinajstić information content (AvgIpc) is 2.41. The van der Waals surface area contributed by atoms with Gasteiger partial charge in [-0.2, -0.15) is 0 Å². The number of hydrogen-bond donors (Lipinski definition) is 1. The van der Waals surface area contributed by atoms with Gasteiger partial charge in [-0.05, 0) is 35.7 Å². The highest BCUT2D eigenvalue weighted by molar-refractivity contribution is 6.30. The van der Waals surface area contributed by atoms with Crippen molar-refractivity contribution in [2.75, 3.05) is 0 Å². The van der Waals surface area contributed by atoms with Crippen molar-refractivity contribution >= 4 is 17.5 Å². The van der Waals surface area contributed by atoms with E-state index in [0.29, 0.717) is 18.0 Å². The van der Waals surface area contributed by atoms with Crippen LogP contribution in [0.15, 0.2) is 48.5 Å². The Balaban J connectivity index is 1.88. The van der Waals surface area contributed by atoms with Gasteiger partial charge in [0.15, 0.2) is 0 Å². The molecule has 0 aliphatic heterocycles. The molecule has 1 amide bonds. The molecule has 2 aromatic carbocycles. The van der Waals surface area contributed by atoms with Gasteiger partial charge in [-0.3, -0.25) is 4.79 Å². The Hall–Kier alpha value is -1.80. The lowest BCUT2D eigenvalue weighted by molar-refractivity contribution is -0.120. The van der Waals surface area contributed by atoms with E-state index in [1.807, 2.05) is 55.5 Å². The van der Waals surface area contributed by atoms with E-state index in [0.717, 1.165) is 16.7 Å². The van der Waals surface area contributed by atoms with E-state index in [1.165, 1.54) is 0 Å². The zero-order valence-corrected chi connectivity index (χ0v) is 11.6. The van der Waals surface area contributed by atoms with Gasteiger partial charge < -0.3 is 5.32 Å². The molecule has 2 nitrogen and oxygen atoms in total. The molecule has 0 fully saturated rings. The largest absolute Gasteiger partial charge is 0.352 e. The molecule has 0 radical (unpaired) electrons. The number of benzene rings is 2. The predicted molar refractivity (Wildman–Crippen MR) is 78.2 cm³/mol. The van der Waals surface area contributed by atoms with Crippen molar-refractivity contribution in [1.82, 2.24) is 5.32 Å². The fourth-order valence-corrected chi connectivity index (χ4v) is 1.97. The lowest BCUT2D eigenvalue weighted by Crippen LogP contribution is -2.24. The standard InChI is InChI=1S/C16H16ClNO/c1-12-4-2-3-5-14(12)10-16(19)18-11-13-6-8-15(17)9-7-13/h2-9H,10-11H2,1H3,(H,18,19). The summed E-state index contributed by atoms with van der Waals surface area (Å²) in [4.78, 5) is 11.9. The van der Waals surface area contributed by atoms with Gasteiger partial charge in [0, 0.05) is 11.6 Å². The summed E-state index contributed by atoms with van der Waals surface area (Å²) in [6.45, 7) is 2.55. The second-order valence-electron chi connectivity index (χ2n) is 4.51. The van der Waals surface area contributed by atoms with Gasteiger partial charge >= 0.3 is 0 Å². The average molecular weight is 274 g/mol. The van der Waals surface area contributed by atoms with E-state index in [4.69, 9.17) is 11.6 Å². The second kappa shape index (κ2) is 6.39. The quantitative estimate of drug-likeness (QED) is 0.907. The third kappa shape index (κ3) is 4.11. The third-order valence-electron chi connectivity index (χ3n) is 3.02. The first-order valence-electron chi connectivity index (χ1n) is 6.21. The Morgan fingerprint density at radius 2 is 1.79 bits per heavy atom. The number of rotatable bonds is 4. The van der Waals surface area contributed by atoms with Crippen molar-refractivity contribution in [2.45, 2.75) is 19.9 Å². The minimum absolute atomic E-state index is 0.0317. The topological polar surface area (TPSA) is 29.1 Å². The van der Waals surface area contributed by atoms with Crippen LogP contribution >= 0.6 is 11.6 Å². The van der Waals surface area contributed by atoms with E-state index in [-0.39, 0.29) is 5.91 Å². The van der Waals surface area contributed by atoms with Crippen LogP contribution in [0.2, 0.25) is 5.02 Å². The van der Waals surface area contributed by atoms with Gasteiger partial charge in [-0.15, -0.1) is 0 Å². The summed E-state index contributed by atoms with van der Waals surface area (Å²) >= 11 is 5.81. The monoisotopic (exact) mass is 273 g/mol. The first-order chi connectivity index (χ1) is 9.15. The Bertz CT molecular complexity index is 563. The highest BCUT2D eigenvalue weighted by Gasteiger charge is 2.05. The normalized spacial score (nSPS) is 10.2. The molecule has 0 heterocycles. The fraction of sp³-hybridized carbons (Fsp3) is 0.188. The Morgan fingerprint density at radius 1 is 1.11 bits per heavy atom. The molecule has 2 rings (SSSR count). The molecule has 0 aromatic heterocycles. The Labute approximate surface area is 118 Å². The molecule has 2 aromatic rings. The number of nitrogens with one attached hydrogen (secondary N) is 1. The van der Waals surface area contributed by atoms with Crippen LogP contribution < -0.4 is 5.32 Å². The number of aryl methyl sites for hydroxylation is 1.